The SMILES string of the molecule is CSCC(C)N(C)c1ccc(Br)cc1CCl. The van der Waals surface area contributed by atoms with E-state index in [-0.39, 0.29) is 0 Å². The van der Waals surface area contributed by atoms with Crippen LogP contribution in [0, 0.1) is 0 Å². The number of hydrogen-bond donors (Lipinski definition) is 0. The molecule has 0 saturated heterocycles. The predicted molar refractivity (Wildman–Crippen MR) is 79.9 cm³/mol. The molecule has 90 valence electrons. The first-order valence-corrected chi connectivity index (χ1v) is 7.88. The molecule has 0 aliphatic rings. The van der Waals surface area contributed by atoms with Crippen molar-refractivity contribution in [2.45, 2.75) is 18.8 Å². The van der Waals surface area contributed by atoms with Crippen LogP contribution in [-0.2, 0) is 5.88 Å². The lowest BCUT2D eigenvalue weighted by atomic mass is 10.1. The van der Waals surface area contributed by atoms with Crippen molar-refractivity contribution in [1.82, 2.24) is 0 Å². The minimum Gasteiger partial charge on any atom is -0.371 e. The summed E-state index contributed by atoms with van der Waals surface area (Å²) in [5, 5.41) is 0. The third kappa shape index (κ3) is 3.57. The Morgan fingerprint density at radius 1 is 1.50 bits per heavy atom. The Bertz CT molecular complexity index is 346. The third-order valence-corrected chi connectivity index (χ3v) is 4.23. The Morgan fingerprint density at radius 3 is 2.75 bits per heavy atom. The molecule has 0 N–H and O–H groups in total. The molecule has 1 nitrogen and oxygen atoms in total. The lowest BCUT2D eigenvalue weighted by Gasteiger charge is -2.28. The van der Waals surface area contributed by atoms with E-state index in [2.05, 4.69) is 59.3 Å². The minimum absolute atomic E-state index is 0.512. The maximum atomic E-state index is 5.98. The summed E-state index contributed by atoms with van der Waals surface area (Å²) >= 11 is 11.3. The van der Waals surface area contributed by atoms with Gasteiger partial charge in [-0.1, -0.05) is 15.9 Å². The van der Waals surface area contributed by atoms with Crippen LogP contribution < -0.4 is 4.90 Å². The molecule has 4 heteroatoms. The molecular weight excluding hydrogens is 306 g/mol. The highest BCUT2D eigenvalue weighted by molar-refractivity contribution is 9.10. The van der Waals surface area contributed by atoms with Gasteiger partial charge in [0, 0.05) is 34.9 Å². The van der Waals surface area contributed by atoms with Gasteiger partial charge in [0.15, 0.2) is 0 Å². The molecule has 0 amide bonds. The summed E-state index contributed by atoms with van der Waals surface area (Å²) in [5.41, 5.74) is 2.39. The fourth-order valence-electron chi connectivity index (χ4n) is 1.60. The second kappa shape index (κ2) is 6.77. The number of thioether (sulfide) groups is 1. The average molecular weight is 323 g/mol. The van der Waals surface area contributed by atoms with Crippen molar-refractivity contribution in [1.29, 1.82) is 0 Å². The Kier molecular flexibility index (Phi) is 6.01. The molecule has 0 fully saturated rings. The van der Waals surface area contributed by atoms with Crippen LogP contribution in [0.2, 0.25) is 0 Å². The summed E-state index contributed by atoms with van der Waals surface area (Å²) in [6.07, 6.45) is 2.13. The molecule has 1 atom stereocenters. The first kappa shape index (κ1) is 14.2. The standard InChI is InChI=1S/C12H17BrClNS/c1-9(8-16-3)15(2)12-5-4-11(13)6-10(12)7-14/h4-6,9H,7-8H2,1-3H3. The summed E-state index contributed by atoms with van der Waals surface area (Å²) in [6, 6.07) is 6.79. The third-order valence-electron chi connectivity index (χ3n) is 2.63. The van der Waals surface area contributed by atoms with Gasteiger partial charge in [0.2, 0.25) is 0 Å². The second-order valence-corrected chi connectivity index (χ2v) is 5.92. The van der Waals surface area contributed by atoms with E-state index in [0.29, 0.717) is 11.9 Å². The molecule has 0 bridgehead atoms. The van der Waals surface area contributed by atoms with Gasteiger partial charge in [-0.05, 0) is 36.9 Å². The molecule has 0 aliphatic heterocycles. The van der Waals surface area contributed by atoms with E-state index in [1.165, 1.54) is 11.3 Å². The van der Waals surface area contributed by atoms with Crippen molar-refractivity contribution in [3.63, 3.8) is 0 Å². The zero-order valence-corrected chi connectivity index (χ0v) is 13.0. The maximum Gasteiger partial charge on any atom is 0.0494 e. The molecule has 0 aromatic heterocycles. The molecule has 0 spiro atoms. The van der Waals surface area contributed by atoms with Crippen LogP contribution in [0.1, 0.15) is 12.5 Å². The van der Waals surface area contributed by atoms with Crippen LogP contribution >= 0.6 is 39.3 Å². The lowest BCUT2D eigenvalue weighted by molar-refractivity contribution is 0.762. The fraction of sp³-hybridized carbons (Fsp3) is 0.500. The fourth-order valence-corrected chi connectivity index (χ4v) is 2.92. The predicted octanol–water partition coefficient (Wildman–Crippen LogP) is 4.38. The number of hydrogen-bond acceptors (Lipinski definition) is 2. The van der Waals surface area contributed by atoms with Crippen LogP contribution in [0.25, 0.3) is 0 Å². The van der Waals surface area contributed by atoms with Crippen molar-refractivity contribution in [3.05, 3.63) is 28.2 Å². The number of rotatable bonds is 5. The van der Waals surface area contributed by atoms with E-state index in [1.54, 1.807) is 0 Å². The molecule has 0 radical (unpaired) electrons. The number of nitrogens with zero attached hydrogens (tertiary/aromatic N) is 1. The molecule has 1 aromatic rings. The zero-order chi connectivity index (χ0) is 12.1. The monoisotopic (exact) mass is 321 g/mol. The highest BCUT2D eigenvalue weighted by Gasteiger charge is 2.12. The van der Waals surface area contributed by atoms with Gasteiger partial charge in [0.1, 0.15) is 0 Å². The Morgan fingerprint density at radius 2 is 2.19 bits per heavy atom. The topological polar surface area (TPSA) is 3.24 Å². The summed E-state index contributed by atoms with van der Waals surface area (Å²) in [7, 11) is 2.13. The number of anilines is 1. The number of halogens is 2. The highest BCUT2D eigenvalue weighted by Crippen LogP contribution is 2.27. The minimum atomic E-state index is 0.512. The summed E-state index contributed by atoms with van der Waals surface area (Å²) in [4.78, 5) is 2.29. The average Bonchev–Trinajstić information content (AvgIpc) is 2.28. The highest BCUT2D eigenvalue weighted by atomic mass is 79.9. The van der Waals surface area contributed by atoms with Gasteiger partial charge in [0.05, 0.1) is 0 Å². The summed E-state index contributed by atoms with van der Waals surface area (Å²) in [6.45, 7) is 2.23. The normalized spacial score (nSPS) is 12.6. The molecule has 16 heavy (non-hydrogen) atoms. The largest absolute Gasteiger partial charge is 0.371 e. The Balaban J connectivity index is 2.93. The van der Waals surface area contributed by atoms with Crippen LogP contribution in [0.4, 0.5) is 5.69 Å². The Hall–Kier alpha value is 0.140. The first-order valence-electron chi connectivity index (χ1n) is 5.16. The van der Waals surface area contributed by atoms with E-state index < -0.39 is 0 Å². The Labute approximate surface area is 116 Å². The molecular formula is C12H17BrClNS. The van der Waals surface area contributed by atoms with Crippen molar-refractivity contribution in [3.8, 4) is 0 Å². The van der Waals surface area contributed by atoms with E-state index in [9.17, 15) is 0 Å². The molecule has 0 aliphatic carbocycles. The molecule has 0 saturated carbocycles. The van der Waals surface area contributed by atoms with Crippen LogP contribution in [-0.4, -0.2) is 25.1 Å². The van der Waals surface area contributed by atoms with E-state index >= 15 is 0 Å². The number of alkyl halides is 1. The van der Waals surface area contributed by atoms with E-state index in [0.717, 1.165) is 10.2 Å². The van der Waals surface area contributed by atoms with Crippen molar-refractivity contribution < 1.29 is 0 Å². The molecule has 0 heterocycles. The van der Waals surface area contributed by atoms with Gasteiger partial charge in [-0.2, -0.15) is 11.8 Å². The van der Waals surface area contributed by atoms with Gasteiger partial charge >= 0.3 is 0 Å². The molecule has 1 aromatic carbocycles. The van der Waals surface area contributed by atoms with Crippen LogP contribution in [0.3, 0.4) is 0 Å². The van der Waals surface area contributed by atoms with Crippen molar-refractivity contribution in [2.24, 2.45) is 0 Å². The van der Waals surface area contributed by atoms with E-state index in [1.807, 2.05) is 11.8 Å². The second-order valence-electron chi connectivity index (χ2n) is 3.82. The van der Waals surface area contributed by atoms with Crippen molar-refractivity contribution in [2.75, 3.05) is 24.0 Å². The lowest BCUT2D eigenvalue weighted by Crippen LogP contribution is -2.31. The van der Waals surface area contributed by atoms with Crippen LogP contribution in [0.5, 0.6) is 0 Å². The van der Waals surface area contributed by atoms with Crippen LogP contribution in [0.15, 0.2) is 22.7 Å². The zero-order valence-electron chi connectivity index (χ0n) is 9.84. The van der Waals surface area contributed by atoms with E-state index in [4.69, 9.17) is 11.6 Å². The summed E-state index contributed by atoms with van der Waals surface area (Å²) < 4.78 is 1.08. The van der Waals surface area contributed by atoms with Crippen molar-refractivity contribution >= 4 is 45.0 Å². The van der Waals surface area contributed by atoms with Gasteiger partial charge in [-0.3, -0.25) is 0 Å². The molecule has 1 rings (SSSR count). The summed E-state index contributed by atoms with van der Waals surface area (Å²) in [5.74, 6) is 1.67. The van der Waals surface area contributed by atoms with Gasteiger partial charge in [-0.15, -0.1) is 11.6 Å². The van der Waals surface area contributed by atoms with Gasteiger partial charge in [-0.25, -0.2) is 0 Å². The molecule has 1 unspecified atom stereocenters. The van der Waals surface area contributed by atoms with Gasteiger partial charge in [0.25, 0.3) is 0 Å². The first-order chi connectivity index (χ1) is 7.60. The number of benzene rings is 1. The maximum absolute atomic E-state index is 5.98. The smallest absolute Gasteiger partial charge is 0.0494 e. The van der Waals surface area contributed by atoms with Gasteiger partial charge < -0.3 is 4.90 Å². The quantitative estimate of drug-likeness (QED) is 0.740.